The van der Waals surface area contributed by atoms with Gasteiger partial charge in [0.15, 0.2) is 0 Å². The summed E-state index contributed by atoms with van der Waals surface area (Å²) in [5, 5.41) is 2.63. The third-order valence-electron chi connectivity index (χ3n) is 3.68. The maximum atomic E-state index is 13.0. The molecule has 1 aliphatic rings. The van der Waals surface area contributed by atoms with Gasteiger partial charge in [-0.1, -0.05) is 30.3 Å². The molecule has 0 aliphatic heterocycles. The molecule has 0 radical (unpaired) electrons. The molecule has 1 N–H and O–H groups in total. The van der Waals surface area contributed by atoms with Crippen molar-refractivity contribution in [2.75, 3.05) is 0 Å². The monoisotopic (exact) mass is 281 g/mol. The molecule has 0 unspecified atom stereocenters. The number of hydrogen-bond acceptors (Lipinski definition) is 2. The van der Waals surface area contributed by atoms with E-state index in [2.05, 4.69) is 5.32 Å². The fourth-order valence-corrected chi connectivity index (χ4v) is 2.43. The van der Waals surface area contributed by atoms with Gasteiger partial charge in [-0.05, 0) is 18.4 Å². The fraction of sp³-hybridized carbons (Fsp3) is 0.467. The maximum Gasteiger partial charge on any atom is 0.248 e. The van der Waals surface area contributed by atoms with E-state index in [0.717, 1.165) is 0 Å². The van der Waals surface area contributed by atoms with E-state index < -0.39 is 17.9 Å². The van der Waals surface area contributed by atoms with Gasteiger partial charge < -0.3 is 10.1 Å². The molecule has 2 rings (SSSR count). The summed E-state index contributed by atoms with van der Waals surface area (Å²) in [5.74, 6) is -3.40. The van der Waals surface area contributed by atoms with Gasteiger partial charge in [0.05, 0.1) is 0 Å². The van der Waals surface area contributed by atoms with E-state index in [4.69, 9.17) is 0 Å². The minimum atomic E-state index is -2.65. The van der Waals surface area contributed by atoms with Crippen molar-refractivity contribution in [3.8, 4) is 0 Å². The van der Waals surface area contributed by atoms with Crippen LogP contribution < -0.4 is 5.32 Å². The average molecular weight is 281 g/mol. The topological polar surface area (TPSA) is 46.2 Å². The predicted octanol–water partition coefficient (Wildman–Crippen LogP) is 2.87. The maximum absolute atomic E-state index is 13.0. The van der Waals surface area contributed by atoms with E-state index in [9.17, 15) is 18.4 Å². The quantitative estimate of drug-likeness (QED) is 0.863. The molecule has 1 atom stereocenters. The molecule has 20 heavy (non-hydrogen) atoms. The van der Waals surface area contributed by atoms with Gasteiger partial charge in [0.25, 0.3) is 0 Å². The van der Waals surface area contributed by atoms with Crippen molar-refractivity contribution < 1.29 is 18.4 Å². The van der Waals surface area contributed by atoms with Gasteiger partial charge in [0, 0.05) is 18.8 Å². The van der Waals surface area contributed by atoms with Crippen LogP contribution >= 0.6 is 0 Å². The standard InChI is InChI=1S/C15H17F2NO2/c16-15(17)8-6-12(7-9-15)14(20)18-13(10-19)11-4-2-1-3-5-11/h1-5,10,12-13H,6-9H2,(H,18,20)/t13-/m1/s1. The smallest absolute Gasteiger partial charge is 0.248 e. The van der Waals surface area contributed by atoms with Crippen LogP contribution in [0, 0.1) is 5.92 Å². The fourth-order valence-electron chi connectivity index (χ4n) is 2.43. The summed E-state index contributed by atoms with van der Waals surface area (Å²) in [6, 6.07) is 8.14. The average Bonchev–Trinajstić information content (AvgIpc) is 2.45. The van der Waals surface area contributed by atoms with E-state index in [1.54, 1.807) is 24.3 Å². The number of aldehydes is 1. The minimum absolute atomic E-state index is 0.166. The van der Waals surface area contributed by atoms with Gasteiger partial charge in [-0.2, -0.15) is 0 Å². The highest BCUT2D eigenvalue weighted by Gasteiger charge is 2.37. The Balaban J connectivity index is 1.95. The predicted molar refractivity (Wildman–Crippen MR) is 70.3 cm³/mol. The van der Waals surface area contributed by atoms with E-state index in [1.165, 1.54) is 0 Å². The Hall–Kier alpha value is -1.78. The third kappa shape index (κ3) is 3.62. The Bertz CT molecular complexity index is 466. The number of halogens is 2. The molecule has 0 spiro atoms. The van der Waals surface area contributed by atoms with Crippen LogP contribution in [0.25, 0.3) is 0 Å². The van der Waals surface area contributed by atoms with Crippen LogP contribution in [-0.2, 0) is 9.59 Å². The lowest BCUT2D eigenvalue weighted by molar-refractivity contribution is -0.131. The molecule has 1 fully saturated rings. The van der Waals surface area contributed by atoms with Crippen molar-refractivity contribution in [2.45, 2.75) is 37.6 Å². The first-order valence-corrected chi connectivity index (χ1v) is 6.70. The zero-order chi connectivity index (χ0) is 14.6. The minimum Gasteiger partial charge on any atom is -0.342 e. The highest BCUT2D eigenvalue weighted by molar-refractivity contribution is 5.82. The number of alkyl halides is 2. The molecule has 1 aromatic carbocycles. The molecule has 0 aromatic heterocycles. The van der Waals surface area contributed by atoms with Crippen LogP contribution in [0.4, 0.5) is 8.78 Å². The summed E-state index contributed by atoms with van der Waals surface area (Å²) in [6.45, 7) is 0. The van der Waals surface area contributed by atoms with Gasteiger partial charge in [0.1, 0.15) is 12.3 Å². The van der Waals surface area contributed by atoms with Crippen LogP contribution in [-0.4, -0.2) is 18.1 Å². The third-order valence-corrected chi connectivity index (χ3v) is 3.68. The molecule has 3 nitrogen and oxygen atoms in total. The molecule has 0 saturated heterocycles. The van der Waals surface area contributed by atoms with E-state index in [0.29, 0.717) is 11.8 Å². The summed E-state index contributed by atoms with van der Waals surface area (Å²) in [6.07, 6.45) is 0.466. The molecule has 1 aromatic rings. The SMILES string of the molecule is O=C[C@@H](NC(=O)C1CCC(F)(F)CC1)c1ccccc1. The number of hydrogen-bond donors (Lipinski definition) is 1. The van der Waals surface area contributed by atoms with Crippen molar-refractivity contribution in [3.63, 3.8) is 0 Å². The molecular formula is C15H17F2NO2. The van der Waals surface area contributed by atoms with Crippen LogP contribution in [0.2, 0.25) is 0 Å². The Labute approximate surface area is 116 Å². The second-order valence-electron chi connectivity index (χ2n) is 5.16. The van der Waals surface area contributed by atoms with Gasteiger partial charge >= 0.3 is 0 Å². The van der Waals surface area contributed by atoms with Crippen LogP contribution in [0.5, 0.6) is 0 Å². The number of nitrogens with one attached hydrogen (secondary N) is 1. The van der Waals surface area contributed by atoms with Crippen molar-refractivity contribution in [2.24, 2.45) is 5.92 Å². The first-order chi connectivity index (χ1) is 9.52. The van der Waals surface area contributed by atoms with Crippen LogP contribution in [0.15, 0.2) is 30.3 Å². The van der Waals surface area contributed by atoms with Gasteiger partial charge in [-0.3, -0.25) is 4.79 Å². The van der Waals surface area contributed by atoms with Crippen molar-refractivity contribution in [3.05, 3.63) is 35.9 Å². The summed E-state index contributed by atoms with van der Waals surface area (Å²) in [5.41, 5.74) is 0.692. The number of amides is 1. The Kier molecular flexibility index (Phi) is 4.47. The molecule has 5 heteroatoms. The number of rotatable bonds is 4. The van der Waals surface area contributed by atoms with E-state index >= 15 is 0 Å². The second kappa shape index (κ2) is 6.11. The summed E-state index contributed by atoms with van der Waals surface area (Å²) in [4.78, 5) is 23.1. The van der Waals surface area contributed by atoms with Crippen molar-refractivity contribution in [1.29, 1.82) is 0 Å². The molecule has 0 bridgehead atoms. The first-order valence-electron chi connectivity index (χ1n) is 6.70. The highest BCUT2D eigenvalue weighted by atomic mass is 19.3. The molecular weight excluding hydrogens is 264 g/mol. The van der Waals surface area contributed by atoms with Gasteiger partial charge in [-0.15, -0.1) is 0 Å². The van der Waals surface area contributed by atoms with Crippen molar-refractivity contribution in [1.82, 2.24) is 5.32 Å². The number of carbonyl (C=O) groups excluding carboxylic acids is 2. The van der Waals surface area contributed by atoms with E-state index in [-0.39, 0.29) is 31.6 Å². The van der Waals surface area contributed by atoms with E-state index in [1.807, 2.05) is 6.07 Å². The molecule has 0 heterocycles. The van der Waals surface area contributed by atoms with Crippen LogP contribution in [0.3, 0.4) is 0 Å². The summed E-state index contributed by atoms with van der Waals surface area (Å²) in [7, 11) is 0. The molecule has 108 valence electrons. The first kappa shape index (κ1) is 14.6. The number of carbonyl (C=O) groups is 2. The normalized spacial score (nSPS) is 20.1. The van der Waals surface area contributed by atoms with Gasteiger partial charge in [-0.25, -0.2) is 8.78 Å². The summed E-state index contributed by atoms with van der Waals surface area (Å²) < 4.78 is 26.1. The Morgan fingerprint density at radius 1 is 1.25 bits per heavy atom. The molecule has 1 amide bonds. The number of benzene rings is 1. The van der Waals surface area contributed by atoms with Crippen molar-refractivity contribution >= 4 is 12.2 Å². The highest BCUT2D eigenvalue weighted by Crippen LogP contribution is 2.36. The lowest BCUT2D eigenvalue weighted by Crippen LogP contribution is -2.38. The van der Waals surface area contributed by atoms with Crippen LogP contribution in [0.1, 0.15) is 37.3 Å². The van der Waals surface area contributed by atoms with Gasteiger partial charge in [0.2, 0.25) is 11.8 Å². The summed E-state index contributed by atoms with van der Waals surface area (Å²) >= 11 is 0. The largest absolute Gasteiger partial charge is 0.342 e. The molecule has 1 aliphatic carbocycles. The molecule has 1 saturated carbocycles. The lowest BCUT2D eigenvalue weighted by atomic mass is 9.86. The Morgan fingerprint density at radius 2 is 1.85 bits per heavy atom. The zero-order valence-corrected chi connectivity index (χ0v) is 11.0. The second-order valence-corrected chi connectivity index (χ2v) is 5.16. The Morgan fingerprint density at radius 3 is 2.40 bits per heavy atom. The zero-order valence-electron chi connectivity index (χ0n) is 11.0. The lowest BCUT2D eigenvalue weighted by Gasteiger charge is -2.28.